The van der Waals surface area contributed by atoms with E-state index in [1.807, 2.05) is 30.0 Å². The van der Waals surface area contributed by atoms with Gasteiger partial charge in [-0.1, -0.05) is 25.1 Å². The quantitative estimate of drug-likeness (QED) is 0.673. The van der Waals surface area contributed by atoms with Crippen LogP contribution in [0.5, 0.6) is 5.75 Å². The van der Waals surface area contributed by atoms with Gasteiger partial charge in [-0.15, -0.1) is 12.4 Å². The predicted octanol–water partition coefficient (Wildman–Crippen LogP) is 1.40. The van der Waals surface area contributed by atoms with Crippen LogP contribution < -0.4 is 10.1 Å². The number of carbonyl (C=O) groups excluding carboxylic acids is 1. The first-order chi connectivity index (χ1) is 13.0. The molecular formula is C20H30ClN3O4. The number of halogens is 1. The fourth-order valence-corrected chi connectivity index (χ4v) is 3.97. The zero-order chi connectivity index (χ0) is 19.2. The number of aliphatic carboxylic acids is 1. The highest BCUT2D eigenvalue weighted by atomic mass is 35.5. The minimum absolute atomic E-state index is 0. The summed E-state index contributed by atoms with van der Waals surface area (Å²) in [5.41, 5.74) is 1.20. The number of nitrogens with one attached hydrogen (secondary N) is 1. The van der Waals surface area contributed by atoms with Crippen LogP contribution in [0.3, 0.4) is 0 Å². The zero-order valence-corrected chi connectivity index (χ0v) is 17.1. The Morgan fingerprint density at radius 3 is 2.64 bits per heavy atom. The van der Waals surface area contributed by atoms with E-state index in [1.54, 1.807) is 0 Å². The van der Waals surface area contributed by atoms with E-state index in [-0.39, 0.29) is 37.0 Å². The van der Waals surface area contributed by atoms with Gasteiger partial charge in [0.25, 0.3) is 0 Å². The van der Waals surface area contributed by atoms with Gasteiger partial charge in [-0.2, -0.15) is 0 Å². The maximum atomic E-state index is 12.3. The number of carbonyl (C=O) groups is 2. The fourth-order valence-electron chi connectivity index (χ4n) is 3.97. The lowest BCUT2D eigenvalue weighted by atomic mass is 10.0. The Bertz CT molecular complexity index is 640. The Morgan fingerprint density at radius 1 is 1.29 bits per heavy atom. The molecule has 2 aliphatic rings. The Morgan fingerprint density at radius 2 is 2.00 bits per heavy atom. The van der Waals surface area contributed by atoms with Gasteiger partial charge >= 0.3 is 5.97 Å². The molecule has 2 N–H and O–H groups in total. The standard InChI is InChI=1S/C20H29N3O4.ClH/c1-2-23(14-20(25)26)16-7-9-22(10-8-16)13-19(24)21-12-17-11-15-5-3-4-6-18(15)27-17;/h3-6,16-17H,2,7-14H2,1H3,(H,21,24)(H,25,26);1H. The van der Waals surface area contributed by atoms with Gasteiger partial charge in [0.2, 0.25) is 5.91 Å². The molecule has 0 radical (unpaired) electrons. The maximum Gasteiger partial charge on any atom is 0.317 e. The molecule has 2 aliphatic heterocycles. The molecule has 156 valence electrons. The topological polar surface area (TPSA) is 82.1 Å². The first kappa shape index (κ1) is 22.5. The van der Waals surface area contributed by atoms with E-state index in [9.17, 15) is 9.59 Å². The molecule has 2 heterocycles. The average molecular weight is 412 g/mol. The van der Waals surface area contributed by atoms with Gasteiger partial charge in [-0.3, -0.25) is 19.4 Å². The normalized spacial score (nSPS) is 19.6. The zero-order valence-electron chi connectivity index (χ0n) is 16.3. The lowest BCUT2D eigenvalue weighted by Gasteiger charge is -2.37. The number of hydrogen-bond acceptors (Lipinski definition) is 5. The first-order valence-corrected chi connectivity index (χ1v) is 9.74. The molecule has 0 spiro atoms. The molecule has 7 nitrogen and oxygen atoms in total. The van der Waals surface area contributed by atoms with Crippen LogP contribution in [0.4, 0.5) is 0 Å². The molecule has 3 rings (SSSR count). The molecule has 28 heavy (non-hydrogen) atoms. The summed E-state index contributed by atoms with van der Waals surface area (Å²) in [7, 11) is 0. The van der Waals surface area contributed by atoms with Crippen molar-refractivity contribution in [3.05, 3.63) is 29.8 Å². The van der Waals surface area contributed by atoms with Crippen molar-refractivity contribution in [2.45, 2.75) is 38.3 Å². The van der Waals surface area contributed by atoms with Crippen molar-refractivity contribution in [3.63, 3.8) is 0 Å². The second-order valence-corrected chi connectivity index (χ2v) is 7.32. The van der Waals surface area contributed by atoms with Crippen LogP contribution in [0.1, 0.15) is 25.3 Å². The lowest BCUT2D eigenvalue weighted by molar-refractivity contribution is -0.139. The number of ether oxygens (including phenoxy) is 1. The second kappa shape index (κ2) is 10.6. The molecule has 0 bridgehead atoms. The molecule has 8 heteroatoms. The number of piperidine rings is 1. The average Bonchev–Trinajstić information content (AvgIpc) is 3.08. The maximum absolute atomic E-state index is 12.3. The van der Waals surface area contributed by atoms with Crippen LogP contribution in [0.25, 0.3) is 0 Å². The van der Waals surface area contributed by atoms with Gasteiger partial charge < -0.3 is 15.2 Å². The minimum atomic E-state index is -0.782. The number of likely N-dealkylation sites (N-methyl/N-ethyl adjacent to an activating group) is 1. The van der Waals surface area contributed by atoms with Crippen molar-refractivity contribution >= 4 is 24.3 Å². The SMILES string of the molecule is CCN(CC(=O)O)C1CCN(CC(=O)NCC2Cc3ccccc3O2)CC1.Cl. The number of para-hydroxylation sites is 1. The lowest BCUT2D eigenvalue weighted by Crippen LogP contribution is -2.49. The number of amides is 1. The number of fused-ring (bicyclic) bond motifs is 1. The van der Waals surface area contributed by atoms with Gasteiger partial charge in [0.05, 0.1) is 19.6 Å². The molecule has 1 saturated heterocycles. The third-order valence-corrected chi connectivity index (χ3v) is 5.43. The number of rotatable bonds is 8. The molecule has 1 amide bonds. The third-order valence-electron chi connectivity index (χ3n) is 5.43. The summed E-state index contributed by atoms with van der Waals surface area (Å²) in [5, 5.41) is 12.0. The highest BCUT2D eigenvalue weighted by Gasteiger charge is 2.27. The Balaban J connectivity index is 0.00000280. The van der Waals surface area contributed by atoms with E-state index >= 15 is 0 Å². The van der Waals surface area contributed by atoms with Crippen LogP contribution in [0, 0.1) is 0 Å². The Kier molecular flexibility index (Phi) is 8.54. The van der Waals surface area contributed by atoms with Gasteiger partial charge in [0.15, 0.2) is 0 Å². The fraction of sp³-hybridized carbons (Fsp3) is 0.600. The smallest absolute Gasteiger partial charge is 0.317 e. The van der Waals surface area contributed by atoms with Crippen molar-refractivity contribution in [2.75, 3.05) is 39.3 Å². The van der Waals surface area contributed by atoms with Gasteiger partial charge in [0, 0.05) is 25.6 Å². The highest BCUT2D eigenvalue weighted by Crippen LogP contribution is 2.27. The number of benzene rings is 1. The van der Waals surface area contributed by atoms with Crippen molar-refractivity contribution < 1.29 is 19.4 Å². The van der Waals surface area contributed by atoms with Crippen molar-refractivity contribution in [3.8, 4) is 5.75 Å². The molecule has 1 unspecified atom stereocenters. The molecule has 0 aliphatic carbocycles. The summed E-state index contributed by atoms with van der Waals surface area (Å²) in [5.74, 6) is 0.154. The van der Waals surface area contributed by atoms with Crippen LogP contribution in [-0.4, -0.2) is 78.2 Å². The summed E-state index contributed by atoms with van der Waals surface area (Å²) in [6.07, 6.45) is 2.63. The summed E-state index contributed by atoms with van der Waals surface area (Å²) in [6, 6.07) is 8.27. The number of carboxylic acids is 1. The first-order valence-electron chi connectivity index (χ1n) is 9.74. The number of likely N-dealkylation sites (tertiary alicyclic amines) is 1. The van der Waals surface area contributed by atoms with E-state index in [2.05, 4.69) is 16.3 Å². The van der Waals surface area contributed by atoms with Crippen LogP contribution >= 0.6 is 12.4 Å². The van der Waals surface area contributed by atoms with E-state index in [1.165, 1.54) is 5.56 Å². The van der Waals surface area contributed by atoms with Crippen molar-refractivity contribution in [1.29, 1.82) is 0 Å². The summed E-state index contributed by atoms with van der Waals surface area (Å²) < 4.78 is 5.85. The van der Waals surface area contributed by atoms with Crippen molar-refractivity contribution in [1.82, 2.24) is 15.1 Å². The molecule has 0 saturated carbocycles. The second-order valence-electron chi connectivity index (χ2n) is 7.32. The third kappa shape index (κ3) is 6.09. The van der Waals surface area contributed by atoms with E-state index < -0.39 is 5.97 Å². The van der Waals surface area contributed by atoms with E-state index in [0.717, 1.165) is 44.6 Å². The highest BCUT2D eigenvalue weighted by molar-refractivity contribution is 5.85. The molecule has 1 aromatic carbocycles. The molecule has 1 atom stereocenters. The van der Waals surface area contributed by atoms with Crippen LogP contribution in [-0.2, 0) is 16.0 Å². The van der Waals surface area contributed by atoms with Crippen molar-refractivity contribution in [2.24, 2.45) is 0 Å². The Hall–Kier alpha value is -1.83. The molecule has 1 aromatic rings. The largest absolute Gasteiger partial charge is 0.488 e. The minimum Gasteiger partial charge on any atom is -0.488 e. The van der Waals surface area contributed by atoms with E-state index in [0.29, 0.717) is 13.1 Å². The summed E-state index contributed by atoms with van der Waals surface area (Å²) in [6.45, 7) is 5.36. The molecule has 0 aromatic heterocycles. The molecular weight excluding hydrogens is 382 g/mol. The van der Waals surface area contributed by atoms with Gasteiger partial charge in [-0.05, 0) is 31.0 Å². The van der Waals surface area contributed by atoms with Gasteiger partial charge in [-0.25, -0.2) is 0 Å². The van der Waals surface area contributed by atoms with Crippen LogP contribution in [0.2, 0.25) is 0 Å². The van der Waals surface area contributed by atoms with Gasteiger partial charge in [0.1, 0.15) is 11.9 Å². The number of nitrogens with zero attached hydrogens (tertiary/aromatic N) is 2. The molecule has 1 fully saturated rings. The summed E-state index contributed by atoms with van der Waals surface area (Å²) >= 11 is 0. The summed E-state index contributed by atoms with van der Waals surface area (Å²) in [4.78, 5) is 27.4. The van der Waals surface area contributed by atoms with E-state index in [4.69, 9.17) is 9.84 Å². The van der Waals surface area contributed by atoms with Crippen LogP contribution in [0.15, 0.2) is 24.3 Å². The monoisotopic (exact) mass is 411 g/mol. The predicted molar refractivity (Wildman–Crippen MR) is 109 cm³/mol. The number of carboxylic acid groups (broad SMARTS) is 1. The Labute approximate surface area is 172 Å². The number of hydrogen-bond donors (Lipinski definition) is 2.